The van der Waals surface area contributed by atoms with Gasteiger partial charge in [-0.25, -0.2) is 0 Å². The third-order valence-corrected chi connectivity index (χ3v) is 1.24. The Hall–Kier alpha value is 0.168. The minimum atomic E-state index is 0. The molecule has 1 aliphatic carbocycles. The van der Waals surface area contributed by atoms with Crippen molar-refractivity contribution in [1.29, 1.82) is 0 Å². The van der Waals surface area contributed by atoms with Crippen molar-refractivity contribution in [2.24, 2.45) is 0 Å². The fourth-order valence-electron chi connectivity index (χ4n) is 0.786. The van der Waals surface area contributed by atoms with E-state index in [4.69, 9.17) is 0 Å². The van der Waals surface area contributed by atoms with Gasteiger partial charge in [0.25, 0.3) is 0 Å². The maximum Gasteiger partial charge on any atom is 0 e. The van der Waals surface area contributed by atoms with Crippen LogP contribution >= 0.6 is 0 Å². The summed E-state index contributed by atoms with van der Waals surface area (Å²) in [5.74, 6) is 0. The molecular formula is C10H17Pt-3. The summed E-state index contributed by atoms with van der Waals surface area (Å²) in [6.45, 7) is 0. The van der Waals surface area contributed by atoms with Crippen LogP contribution in [0, 0.1) is 20.9 Å². The zero-order valence-corrected chi connectivity index (χ0v) is 9.65. The van der Waals surface area contributed by atoms with Gasteiger partial charge in [0.2, 0.25) is 0 Å². The maximum atomic E-state index is 3.21. The van der Waals surface area contributed by atoms with Gasteiger partial charge in [0, 0.05) is 21.1 Å². The molecule has 0 atom stereocenters. The van der Waals surface area contributed by atoms with Gasteiger partial charge in [0.1, 0.15) is 0 Å². The van der Waals surface area contributed by atoms with E-state index in [1.54, 1.807) is 0 Å². The van der Waals surface area contributed by atoms with Gasteiger partial charge in [-0.1, -0.05) is 25.0 Å². The molecule has 1 rings (SSSR count). The summed E-state index contributed by atoms with van der Waals surface area (Å²) in [5.41, 5.74) is 0. The molecular weight excluding hydrogens is 315 g/mol. The smallest absolute Gasteiger partial charge is 0 e. The Morgan fingerprint density at radius 1 is 0.909 bits per heavy atom. The predicted octanol–water partition coefficient (Wildman–Crippen LogP) is 3.37. The van der Waals surface area contributed by atoms with Gasteiger partial charge in [0.05, 0.1) is 0 Å². The molecule has 0 radical (unpaired) electrons. The summed E-state index contributed by atoms with van der Waals surface area (Å²) >= 11 is 0. The van der Waals surface area contributed by atoms with Crippen LogP contribution in [0.25, 0.3) is 0 Å². The number of rotatable bonds is 0. The second-order valence-corrected chi connectivity index (χ2v) is 2.00. The molecule has 1 aliphatic rings. The standard InChI is InChI=1S/C8H11.2CH3.Pt/c1-2-4-6-8-7-5-3-1;;;/h1-2,7H,3-6H2;2*1H3;/q3*-1;. The first-order valence-electron chi connectivity index (χ1n) is 3.20. The van der Waals surface area contributed by atoms with Gasteiger partial charge < -0.3 is 20.9 Å². The van der Waals surface area contributed by atoms with Gasteiger partial charge in [0.15, 0.2) is 0 Å². The van der Waals surface area contributed by atoms with Crippen LogP contribution in [0.2, 0.25) is 0 Å². The van der Waals surface area contributed by atoms with E-state index < -0.39 is 0 Å². The Morgan fingerprint density at radius 2 is 1.55 bits per heavy atom. The van der Waals surface area contributed by atoms with Crippen molar-refractivity contribution in [2.45, 2.75) is 25.7 Å². The monoisotopic (exact) mass is 332 g/mol. The normalized spacial score (nSPS) is 14.5. The summed E-state index contributed by atoms with van der Waals surface area (Å²) in [6, 6.07) is 0. The zero-order chi connectivity index (χ0) is 5.66. The van der Waals surface area contributed by atoms with Gasteiger partial charge >= 0.3 is 0 Å². The molecule has 0 nitrogen and oxygen atoms in total. The second-order valence-electron chi connectivity index (χ2n) is 2.00. The Bertz CT molecular complexity index is 77.4. The summed E-state index contributed by atoms with van der Waals surface area (Å²) in [7, 11) is 0. The molecule has 0 unspecified atom stereocenters. The van der Waals surface area contributed by atoms with Crippen molar-refractivity contribution < 1.29 is 21.1 Å². The SMILES string of the molecule is [C-]1=CCCC=CCC1.[CH3-].[CH3-].[Pt]. The quantitative estimate of drug-likeness (QED) is 0.471. The Morgan fingerprint density at radius 3 is 2.27 bits per heavy atom. The molecule has 11 heavy (non-hydrogen) atoms. The maximum absolute atomic E-state index is 3.21. The fraction of sp³-hybridized carbons (Fsp3) is 0.400. The second kappa shape index (κ2) is 12.8. The first-order chi connectivity index (χ1) is 4.00. The van der Waals surface area contributed by atoms with Crippen molar-refractivity contribution in [3.63, 3.8) is 0 Å². The molecule has 0 spiro atoms. The van der Waals surface area contributed by atoms with Crippen molar-refractivity contribution >= 4 is 0 Å². The Balaban J connectivity index is -0.000000213. The molecule has 0 saturated heterocycles. The van der Waals surface area contributed by atoms with Crippen LogP contribution in [0.1, 0.15) is 25.7 Å². The minimum absolute atomic E-state index is 0. The van der Waals surface area contributed by atoms with Crippen molar-refractivity contribution in [2.75, 3.05) is 0 Å². The average Bonchev–Trinajstić information content (AvgIpc) is 1.62. The van der Waals surface area contributed by atoms with Gasteiger partial charge in [-0.05, 0) is 6.42 Å². The van der Waals surface area contributed by atoms with Crippen LogP contribution in [-0.2, 0) is 21.1 Å². The van der Waals surface area contributed by atoms with Crippen LogP contribution in [0.15, 0.2) is 18.2 Å². The molecule has 0 aromatic rings. The van der Waals surface area contributed by atoms with Crippen molar-refractivity contribution in [3.8, 4) is 0 Å². The third kappa shape index (κ3) is 10.2. The van der Waals surface area contributed by atoms with Crippen LogP contribution in [0.4, 0.5) is 0 Å². The summed E-state index contributed by atoms with van der Waals surface area (Å²) in [4.78, 5) is 0. The van der Waals surface area contributed by atoms with Crippen LogP contribution in [-0.4, -0.2) is 0 Å². The molecule has 0 aromatic heterocycles. The molecule has 0 aromatic carbocycles. The third-order valence-electron chi connectivity index (χ3n) is 1.24. The van der Waals surface area contributed by atoms with E-state index in [0.717, 1.165) is 6.42 Å². The molecule has 0 fully saturated rings. The van der Waals surface area contributed by atoms with E-state index in [9.17, 15) is 0 Å². The fourth-order valence-corrected chi connectivity index (χ4v) is 0.786. The van der Waals surface area contributed by atoms with Gasteiger partial charge in [-0.3, -0.25) is 6.08 Å². The molecule has 0 heterocycles. The molecule has 70 valence electrons. The average molecular weight is 332 g/mol. The molecule has 0 saturated carbocycles. The van der Waals surface area contributed by atoms with Crippen LogP contribution in [0.3, 0.4) is 0 Å². The van der Waals surface area contributed by atoms with E-state index in [1.807, 2.05) is 0 Å². The topological polar surface area (TPSA) is 0 Å². The summed E-state index contributed by atoms with van der Waals surface area (Å²) in [5, 5.41) is 0. The molecule has 0 N–H and O–H groups in total. The van der Waals surface area contributed by atoms with Crippen LogP contribution in [0.5, 0.6) is 0 Å². The first-order valence-corrected chi connectivity index (χ1v) is 3.20. The molecule has 1 heteroatoms. The zero-order valence-electron chi connectivity index (χ0n) is 7.38. The summed E-state index contributed by atoms with van der Waals surface area (Å²) in [6.07, 6.45) is 14.5. The van der Waals surface area contributed by atoms with Crippen LogP contribution < -0.4 is 0 Å². The Labute approximate surface area is 86.0 Å². The molecule has 0 amide bonds. The van der Waals surface area contributed by atoms with E-state index >= 15 is 0 Å². The number of allylic oxidation sites excluding steroid dienone is 4. The Kier molecular flexibility index (Phi) is 20.2. The van der Waals surface area contributed by atoms with E-state index in [1.165, 1.54) is 19.3 Å². The van der Waals surface area contributed by atoms with Crippen molar-refractivity contribution in [3.05, 3.63) is 39.2 Å². The van der Waals surface area contributed by atoms with Crippen molar-refractivity contribution in [1.82, 2.24) is 0 Å². The number of hydrogen-bond donors (Lipinski definition) is 0. The van der Waals surface area contributed by atoms with E-state index in [2.05, 4.69) is 24.3 Å². The first kappa shape index (κ1) is 17.3. The van der Waals surface area contributed by atoms with E-state index in [-0.39, 0.29) is 35.9 Å². The summed E-state index contributed by atoms with van der Waals surface area (Å²) < 4.78 is 0. The largest absolute Gasteiger partial charge is 0.500 e. The van der Waals surface area contributed by atoms with Gasteiger partial charge in [-0.15, -0.1) is 0 Å². The molecule has 0 bridgehead atoms. The number of hydrogen-bond acceptors (Lipinski definition) is 0. The predicted molar refractivity (Wildman–Crippen MR) is 48.2 cm³/mol. The van der Waals surface area contributed by atoms with Gasteiger partial charge in [-0.2, -0.15) is 6.42 Å². The van der Waals surface area contributed by atoms with E-state index in [0.29, 0.717) is 0 Å². The molecule has 0 aliphatic heterocycles. The minimum Gasteiger partial charge on any atom is -0.500 e.